The van der Waals surface area contributed by atoms with Crippen LogP contribution in [0, 0.1) is 0 Å². The van der Waals surface area contributed by atoms with Crippen LogP contribution in [0.3, 0.4) is 0 Å². The molecule has 0 aliphatic carbocycles. The van der Waals surface area contributed by atoms with Crippen molar-refractivity contribution in [2.24, 2.45) is 16.6 Å². The van der Waals surface area contributed by atoms with Gasteiger partial charge in [0.2, 0.25) is 0 Å². The molecule has 1 aromatic rings. The Labute approximate surface area is 167 Å². The van der Waals surface area contributed by atoms with Crippen LogP contribution >= 0.6 is 11.6 Å². The molecule has 1 unspecified atom stereocenters. The van der Waals surface area contributed by atoms with Gasteiger partial charge in [0.15, 0.2) is 6.17 Å². The molecule has 6 atom stereocenters. The zero-order chi connectivity index (χ0) is 20.6. The Morgan fingerprint density at radius 3 is 2.46 bits per heavy atom. The first-order chi connectivity index (χ1) is 13.3. The smallest absolute Gasteiger partial charge is 0.165 e. The van der Waals surface area contributed by atoms with Gasteiger partial charge in [-0.05, 0) is 12.5 Å². The molecule has 0 saturated carbocycles. The Morgan fingerprint density at radius 2 is 1.86 bits per heavy atom. The summed E-state index contributed by atoms with van der Waals surface area (Å²) in [5.74, 6) is 6.47. The number of nitrogens with two attached hydrogens (primary N) is 2. The van der Waals surface area contributed by atoms with Crippen molar-refractivity contribution in [3.63, 3.8) is 0 Å². The summed E-state index contributed by atoms with van der Waals surface area (Å²) >= 11 is 6.32. The summed E-state index contributed by atoms with van der Waals surface area (Å²) in [4.78, 5) is 4.38. The molecule has 2 aliphatic rings. The molecular formula is C18H25ClN4O5. The summed E-state index contributed by atoms with van der Waals surface area (Å²) in [6, 6.07) is 7.15. The van der Waals surface area contributed by atoms with Crippen LogP contribution in [0.15, 0.2) is 35.0 Å². The zero-order valence-corrected chi connectivity index (χ0v) is 16.1. The van der Waals surface area contributed by atoms with E-state index in [1.807, 2.05) is 13.0 Å². The lowest BCUT2D eigenvalue weighted by molar-refractivity contribution is -0.241. The number of ether oxygens (including phenoxy) is 1. The molecular weight excluding hydrogens is 388 g/mol. The highest BCUT2D eigenvalue weighted by Crippen LogP contribution is 2.35. The van der Waals surface area contributed by atoms with E-state index in [0.717, 1.165) is 0 Å². The van der Waals surface area contributed by atoms with Crippen molar-refractivity contribution in [3.8, 4) is 0 Å². The molecule has 0 aromatic heterocycles. The average molecular weight is 413 g/mol. The van der Waals surface area contributed by atoms with Crippen LogP contribution in [0.4, 0.5) is 0 Å². The van der Waals surface area contributed by atoms with E-state index in [1.54, 1.807) is 18.2 Å². The second-order valence-electron chi connectivity index (χ2n) is 6.78. The van der Waals surface area contributed by atoms with Crippen LogP contribution in [0.2, 0.25) is 5.02 Å². The van der Waals surface area contributed by atoms with Gasteiger partial charge >= 0.3 is 0 Å². The number of hydrazine groups is 1. The van der Waals surface area contributed by atoms with Gasteiger partial charge < -0.3 is 30.9 Å². The van der Waals surface area contributed by atoms with Gasteiger partial charge in [0.25, 0.3) is 0 Å². The number of benzene rings is 1. The first-order valence-corrected chi connectivity index (χ1v) is 9.35. The van der Waals surface area contributed by atoms with Gasteiger partial charge in [0, 0.05) is 21.9 Å². The second kappa shape index (κ2) is 8.34. The number of hydrogen-bond acceptors (Lipinski definition) is 9. The van der Waals surface area contributed by atoms with Crippen molar-refractivity contribution < 1.29 is 25.2 Å². The van der Waals surface area contributed by atoms with Gasteiger partial charge in [-0.15, -0.1) is 0 Å². The van der Waals surface area contributed by atoms with Crippen molar-refractivity contribution in [3.05, 3.63) is 40.5 Å². The second-order valence-corrected chi connectivity index (χ2v) is 7.19. The van der Waals surface area contributed by atoms with Crippen molar-refractivity contribution in [2.45, 2.75) is 50.0 Å². The van der Waals surface area contributed by atoms with E-state index < -0.39 is 43.3 Å². The van der Waals surface area contributed by atoms with Crippen LogP contribution < -0.4 is 11.6 Å². The zero-order valence-electron chi connectivity index (χ0n) is 15.3. The third-order valence-corrected chi connectivity index (χ3v) is 5.44. The summed E-state index contributed by atoms with van der Waals surface area (Å²) in [6.45, 7) is 1.34. The molecule has 9 nitrogen and oxygen atoms in total. The number of rotatable bonds is 4. The van der Waals surface area contributed by atoms with E-state index in [2.05, 4.69) is 4.99 Å². The minimum absolute atomic E-state index is 0.161. The molecule has 0 spiro atoms. The van der Waals surface area contributed by atoms with E-state index in [-0.39, 0.29) is 5.84 Å². The predicted octanol–water partition coefficient (Wildman–Crippen LogP) is -0.824. The Kier molecular flexibility index (Phi) is 6.25. The fraction of sp³-hybridized carbons (Fsp3) is 0.500. The third kappa shape index (κ3) is 3.50. The Morgan fingerprint density at radius 1 is 1.18 bits per heavy atom. The molecule has 28 heavy (non-hydrogen) atoms. The van der Waals surface area contributed by atoms with Crippen molar-refractivity contribution in [1.29, 1.82) is 0 Å². The van der Waals surface area contributed by atoms with Crippen LogP contribution in [-0.4, -0.2) is 74.6 Å². The minimum atomic E-state index is -1.53. The highest BCUT2D eigenvalue weighted by Gasteiger charge is 2.49. The van der Waals surface area contributed by atoms with Crippen LogP contribution in [0.5, 0.6) is 0 Å². The van der Waals surface area contributed by atoms with E-state index in [4.69, 9.17) is 27.9 Å². The van der Waals surface area contributed by atoms with Crippen LogP contribution in [0.25, 0.3) is 5.57 Å². The SMILES string of the molecule is CCC1=C(c2ccccc2Cl)C(N)=NC([C@H]2O[C@H](CO)[C@H](O)[C@H](O)[C@H]2O)N1N. The first kappa shape index (κ1) is 21.0. The molecule has 1 fully saturated rings. The Bertz CT molecular complexity index is 787. The molecule has 1 aromatic carbocycles. The predicted molar refractivity (Wildman–Crippen MR) is 104 cm³/mol. The number of aliphatic imine (C=N–C) groups is 1. The molecule has 8 N–H and O–H groups in total. The summed E-state index contributed by atoms with van der Waals surface area (Å²) in [6.07, 6.45) is -7.13. The number of halogens is 1. The standard InChI is InChI=1S/C18H25ClN4O5/c1-2-10-12(8-5-3-4-6-9(8)19)17(20)22-18(23(10)21)16-15(27)14(26)13(25)11(7-24)28-16/h3-6,11,13-16,18,24-27H,2,7,21H2,1H3,(H2,20,22)/t11-,13+,14+,15-,16+,18?/m1/s1. The van der Waals surface area contributed by atoms with Crippen molar-refractivity contribution >= 4 is 23.0 Å². The van der Waals surface area contributed by atoms with Crippen LogP contribution in [0.1, 0.15) is 18.9 Å². The van der Waals surface area contributed by atoms with Gasteiger partial charge in [0.05, 0.1) is 6.61 Å². The Balaban J connectivity index is 2.00. The number of amidine groups is 1. The molecule has 1 saturated heterocycles. The average Bonchev–Trinajstić information content (AvgIpc) is 2.68. The summed E-state index contributed by atoms with van der Waals surface area (Å²) in [5.41, 5.74) is 8.11. The van der Waals surface area contributed by atoms with E-state index in [0.29, 0.717) is 28.3 Å². The number of aliphatic hydroxyl groups is 4. The third-order valence-electron chi connectivity index (χ3n) is 5.11. The monoisotopic (exact) mass is 412 g/mol. The Hall–Kier alpha value is -1.72. The normalized spacial score (nSPS) is 33.8. The fourth-order valence-corrected chi connectivity index (χ4v) is 3.86. The molecule has 154 valence electrons. The highest BCUT2D eigenvalue weighted by molar-refractivity contribution is 6.35. The largest absolute Gasteiger partial charge is 0.394 e. The lowest BCUT2D eigenvalue weighted by atomic mass is 9.92. The van der Waals surface area contributed by atoms with Gasteiger partial charge in [-0.3, -0.25) is 5.01 Å². The topological polar surface area (TPSA) is 158 Å². The number of nitrogens with zero attached hydrogens (tertiary/aromatic N) is 2. The maximum atomic E-state index is 10.4. The number of aliphatic hydroxyl groups excluding tert-OH is 4. The maximum absolute atomic E-state index is 10.4. The van der Waals surface area contributed by atoms with E-state index >= 15 is 0 Å². The quantitative estimate of drug-likeness (QED) is 0.350. The molecule has 2 heterocycles. The molecule has 0 amide bonds. The van der Waals surface area contributed by atoms with Crippen molar-refractivity contribution in [2.75, 3.05) is 6.61 Å². The minimum Gasteiger partial charge on any atom is -0.394 e. The lowest BCUT2D eigenvalue weighted by Crippen LogP contribution is -2.65. The van der Waals surface area contributed by atoms with Gasteiger partial charge in [0.1, 0.15) is 36.4 Å². The summed E-state index contributed by atoms with van der Waals surface area (Å²) in [7, 11) is 0. The lowest BCUT2D eigenvalue weighted by Gasteiger charge is -2.45. The summed E-state index contributed by atoms with van der Waals surface area (Å²) < 4.78 is 5.60. The molecule has 3 rings (SSSR count). The van der Waals surface area contributed by atoms with Gasteiger partial charge in [-0.1, -0.05) is 36.7 Å². The molecule has 0 radical (unpaired) electrons. The van der Waals surface area contributed by atoms with Crippen molar-refractivity contribution in [1.82, 2.24) is 5.01 Å². The van der Waals surface area contributed by atoms with Crippen LogP contribution in [-0.2, 0) is 4.74 Å². The van der Waals surface area contributed by atoms with Gasteiger partial charge in [-0.2, -0.15) is 0 Å². The highest BCUT2D eigenvalue weighted by atomic mass is 35.5. The van der Waals surface area contributed by atoms with E-state index in [1.165, 1.54) is 5.01 Å². The maximum Gasteiger partial charge on any atom is 0.165 e. The van der Waals surface area contributed by atoms with Gasteiger partial charge in [-0.25, -0.2) is 10.8 Å². The number of allylic oxidation sites excluding steroid dienone is 1. The molecule has 2 aliphatic heterocycles. The van der Waals surface area contributed by atoms with E-state index in [9.17, 15) is 20.4 Å². The number of hydrogen-bond donors (Lipinski definition) is 6. The first-order valence-electron chi connectivity index (χ1n) is 8.97. The summed E-state index contributed by atoms with van der Waals surface area (Å²) in [5, 5.41) is 41.7. The molecule has 0 bridgehead atoms. The molecule has 10 heteroatoms. The fourth-order valence-electron chi connectivity index (χ4n) is 3.63.